The minimum atomic E-state index is -0.421. The molecule has 32 heavy (non-hydrogen) atoms. The molecule has 3 heterocycles. The van der Waals surface area contributed by atoms with E-state index in [0.717, 1.165) is 28.0 Å². The summed E-state index contributed by atoms with van der Waals surface area (Å²) < 4.78 is 9.15. The van der Waals surface area contributed by atoms with E-state index in [1.54, 1.807) is 16.5 Å². The van der Waals surface area contributed by atoms with Crippen LogP contribution in [0.5, 0.6) is 5.75 Å². The number of fused-ring (bicyclic) bond motifs is 3. The molecule has 160 valence electrons. The van der Waals surface area contributed by atoms with Gasteiger partial charge in [-0.25, -0.2) is 9.38 Å². The molecule has 0 atom stereocenters. The van der Waals surface area contributed by atoms with Crippen LogP contribution in [0.3, 0.4) is 0 Å². The van der Waals surface area contributed by atoms with E-state index < -0.39 is 4.92 Å². The molecule has 0 aliphatic heterocycles. The minimum absolute atomic E-state index is 0.0525. The molecule has 5 rings (SSSR count). The van der Waals surface area contributed by atoms with Crippen LogP contribution in [-0.2, 0) is 0 Å². The van der Waals surface area contributed by atoms with Gasteiger partial charge in [0.2, 0.25) is 0 Å². The van der Waals surface area contributed by atoms with E-state index in [1.807, 2.05) is 54.8 Å². The zero-order valence-corrected chi connectivity index (χ0v) is 18.3. The number of methoxy groups -OCH3 is 1. The summed E-state index contributed by atoms with van der Waals surface area (Å²) in [5.41, 5.74) is 4.27. The molecule has 5 aromatic rings. The van der Waals surface area contributed by atoms with E-state index in [9.17, 15) is 14.9 Å². The predicted octanol–water partition coefficient (Wildman–Crippen LogP) is 3.78. The molecule has 0 aliphatic carbocycles. The van der Waals surface area contributed by atoms with Gasteiger partial charge in [-0.05, 0) is 55.8 Å². The first-order chi connectivity index (χ1) is 15.4. The number of aryl methyl sites for hydroxylation is 1. The van der Waals surface area contributed by atoms with Crippen LogP contribution in [-0.4, -0.2) is 26.0 Å². The van der Waals surface area contributed by atoms with Crippen molar-refractivity contribution in [1.29, 1.82) is 0 Å². The van der Waals surface area contributed by atoms with Crippen molar-refractivity contribution in [3.8, 4) is 11.4 Å². The van der Waals surface area contributed by atoms with Crippen molar-refractivity contribution in [2.75, 3.05) is 7.11 Å². The number of ether oxygens (including phenoxy) is 1. The molecule has 0 N–H and O–H groups in total. The zero-order valence-electron chi connectivity index (χ0n) is 17.5. The number of para-hydroxylation sites is 2. The van der Waals surface area contributed by atoms with E-state index in [-0.39, 0.29) is 11.2 Å². The number of rotatable bonds is 4. The molecule has 0 spiro atoms. The van der Waals surface area contributed by atoms with Gasteiger partial charge in [0.25, 0.3) is 11.2 Å². The Labute approximate surface area is 185 Å². The molecule has 0 saturated carbocycles. The number of aromatic nitrogens is 3. The Bertz CT molecular complexity index is 1640. The van der Waals surface area contributed by atoms with E-state index >= 15 is 0 Å². The Morgan fingerprint density at radius 3 is 2.69 bits per heavy atom. The lowest BCUT2D eigenvalue weighted by Gasteiger charge is -2.11. The van der Waals surface area contributed by atoms with Crippen LogP contribution in [0.15, 0.2) is 53.3 Å². The molecule has 0 amide bonds. The second-order valence-corrected chi connectivity index (χ2v) is 8.42. The summed E-state index contributed by atoms with van der Waals surface area (Å²) in [5, 5.41) is 11.7. The number of imidazole rings is 1. The summed E-state index contributed by atoms with van der Waals surface area (Å²) in [6, 6.07) is 14.2. The summed E-state index contributed by atoms with van der Waals surface area (Å²) in [6.45, 7) is 3.76. The van der Waals surface area contributed by atoms with Crippen molar-refractivity contribution in [2.24, 2.45) is 0 Å². The first kappa shape index (κ1) is 20.0. The first-order valence-electron chi connectivity index (χ1n) is 9.82. The van der Waals surface area contributed by atoms with Gasteiger partial charge in [-0.1, -0.05) is 23.5 Å². The largest absolute Gasteiger partial charge is 0.496 e. The number of nitrogens with zero attached hydrogens (tertiary/aromatic N) is 4. The number of hydrogen-bond acceptors (Lipinski definition) is 6. The van der Waals surface area contributed by atoms with E-state index in [2.05, 4.69) is 4.98 Å². The van der Waals surface area contributed by atoms with Crippen LogP contribution in [0, 0.1) is 24.0 Å². The molecule has 0 fully saturated rings. The molecular weight excluding hydrogens is 428 g/mol. The lowest BCUT2D eigenvalue weighted by atomic mass is 10.2. The highest BCUT2D eigenvalue weighted by atomic mass is 32.1. The van der Waals surface area contributed by atoms with Crippen molar-refractivity contribution >= 4 is 39.1 Å². The van der Waals surface area contributed by atoms with Crippen LogP contribution in [0.25, 0.3) is 27.8 Å². The average molecular weight is 446 g/mol. The van der Waals surface area contributed by atoms with Crippen LogP contribution >= 0.6 is 11.3 Å². The number of nitro benzene ring substituents is 1. The van der Waals surface area contributed by atoms with Crippen molar-refractivity contribution in [3.05, 3.63) is 90.5 Å². The molecule has 8 nitrogen and oxygen atoms in total. The lowest BCUT2D eigenvalue weighted by molar-refractivity contribution is -0.384. The summed E-state index contributed by atoms with van der Waals surface area (Å²) in [4.78, 5) is 29.5. The van der Waals surface area contributed by atoms with Crippen molar-refractivity contribution in [1.82, 2.24) is 14.0 Å². The van der Waals surface area contributed by atoms with Crippen LogP contribution in [0.4, 0.5) is 5.69 Å². The number of benzene rings is 2. The van der Waals surface area contributed by atoms with E-state index in [1.165, 1.54) is 24.5 Å². The molecule has 0 radical (unpaired) electrons. The van der Waals surface area contributed by atoms with E-state index in [4.69, 9.17) is 4.74 Å². The van der Waals surface area contributed by atoms with Crippen molar-refractivity contribution < 1.29 is 9.66 Å². The fourth-order valence-electron chi connectivity index (χ4n) is 4.02. The van der Waals surface area contributed by atoms with Crippen molar-refractivity contribution in [2.45, 2.75) is 13.8 Å². The number of nitro groups is 1. The quantitative estimate of drug-likeness (QED) is 0.309. The fourth-order valence-corrected chi connectivity index (χ4v) is 5.00. The average Bonchev–Trinajstić information content (AvgIpc) is 3.38. The van der Waals surface area contributed by atoms with Gasteiger partial charge in [0.1, 0.15) is 11.4 Å². The summed E-state index contributed by atoms with van der Waals surface area (Å²) in [7, 11) is 1.47. The third-order valence-corrected chi connectivity index (χ3v) is 6.49. The summed E-state index contributed by atoms with van der Waals surface area (Å²) >= 11 is 1.33. The molecule has 3 aromatic heterocycles. The van der Waals surface area contributed by atoms with Gasteiger partial charge < -0.3 is 9.30 Å². The van der Waals surface area contributed by atoms with Crippen molar-refractivity contribution in [3.63, 3.8) is 0 Å². The highest BCUT2D eigenvalue weighted by Gasteiger charge is 2.21. The summed E-state index contributed by atoms with van der Waals surface area (Å²) in [6.07, 6.45) is 1.82. The lowest BCUT2D eigenvalue weighted by Crippen LogP contribution is -2.22. The molecule has 2 aromatic carbocycles. The third-order valence-electron chi connectivity index (χ3n) is 5.52. The first-order valence-corrected chi connectivity index (χ1v) is 10.6. The van der Waals surface area contributed by atoms with Gasteiger partial charge in [-0.15, -0.1) is 0 Å². The Hall–Kier alpha value is -3.98. The minimum Gasteiger partial charge on any atom is -0.496 e. The monoisotopic (exact) mass is 446 g/mol. The predicted molar refractivity (Wildman–Crippen MR) is 124 cm³/mol. The Kier molecular flexibility index (Phi) is 4.56. The van der Waals surface area contributed by atoms with Gasteiger partial charge in [0.15, 0.2) is 4.96 Å². The fraction of sp³-hybridized carbons (Fsp3) is 0.130. The third kappa shape index (κ3) is 2.97. The Balaban J connectivity index is 1.69. The Morgan fingerprint density at radius 2 is 1.94 bits per heavy atom. The van der Waals surface area contributed by atoms with Gasteiger partial charge >= 0.3 is 0 Å². The SMILES string of the molecule is COc1ccc(-n2c(C)cc(C=c3sc4nc5ccccc5n4c3=O)c2C)c([N+](=O)[O-])c1. The molecule has 0 unspecified atom stereocenters. The molecular formula is C23H18N4O4S. The standard InChI is InChI=1S/C23H18N4O4S/c1-13-10-15(14(2)25(13)19-9-8-16(31-3)12-20(19)27(29)30)11-21-22(28)26-18-7-5-4-6-17(18)24-23(26)32-21/h4-12H,1-3H3. The number of thiazole rings is 1. The smallest absolute Gasteiger partial charge is 0.296 e. The maximum atomic E-state index is 13.1. The van der Waals surface area contributed by atoms with Crippen LogP contribution in [0.1, 0.15) is 17.0 Å². The second-order valence-electron chi connectivity index (χ2n) is 7.41. The maximum Gasteiger partial charge on any atom is 0.296 e. The highest BCUT2D eigenvalue weighted by Crippen LogP contribution is 2.31. The number of hydrogen-bond donors (Lipinski definition) is 0. The van der Waals surface area contributed by atoms with Gasteiger partial charge in [0.05, 0.1) is 33.7 Å². The van der Waals surface area contributed by atoms with Gasteiger partial charge in [0, 0.05) is 11.4 Å². The Morgan fingerprint density at radius 1 is 1.16 bits per heavy atom. The highest BCUT2D eigenvalue weighted by molar-refractivity contribution is 7.15. The summed E-state index contributed by atoms with van der Waals surface area (Å²) in [5.74, 6) is 0.417. The van der Waals surface area contributed by atoms with Crippen LogP contribution in [0.2, 0.25) is 0 Å². The van der Waals surface area contributed by atoms with Crippen LogP contribution < -0.4 is 14.8 Å². The topological polar surface area (TPSA) is 91.7 Å². The molecule has 0 bridgehead atoms. The van der Waals surface area contributed by atoms with E-state index in [0.29, 0.717) is 20.9 Å². The van der Waals surface area contributed by atoms with Gasteiger partial charge in [-0.2, -0.15) is 0 Å². The molecule has 0 saturated heterocycles. The normalized spacial score (nSPS) is 12.2. The van der Waals surface area contributed by atoms with Gasteiger partial charge in [-0.3, -0.25) is 14.9 Å². The zero-order chi connectivity index (χ0) is 22.6. The second kappa shape index (κ2) is 7.31. The maximum absolute atomic E-state index is 13.1. The molecule has 9 heteroatoms. The molecule has 0 aliphatic rings.